The Morgan fingerprint density at radius 1 is 1.11 bits per heavy atom. The topological polar surface area (TPSA) is 109 Å². The monoisotopic (exact) mass is 483 g/mol. The van der Waals surface area contributed by atoms with Gasteiger partial charge >= 0.3 is 0 Å². The first-order chi connectivity index (χ1) is 16.7. The smallest absolute Gasteiger partial charge is 0.240 e. The van der Waals surface area contributed by atoms with E-state index in [-0.39, 0.29) is 30.6 Å². The quantitative estimate of drug-likeness (QED) is 0.526. The van der Waals surface area contributed by atoms with Crippen molar-refractivity contribution in [3.05, 3.63) is 35.5 Å². The number of benzene rings is 1. The lowest BCUT2D eigenvalue weighted by molar-refractivity contribution is -0.143. The molecule has 1 aromatic heterocycles. The second-order valence-electron chi connectivity index (χ2n) is 9.74. The van der Waals surface area contributed by atoms with Crippen molar-refractivity contribution in [3.63, 3.8) is 0 Å². The molecule has 0 spiro atoms. The molecule has 0 N–H and O–H groups in total. The predicted octanol–water partition coefficient (Wildman–Crippen LogP) is 2.17. The molecule has 3 amide bonds. The zero-order valence-corrected chi connectivity index (χ0v) is 20.8. The minimum atomic E-state index is -1.21. The van der Waals surface area contributed by atoms with Crippen molar-refractivity contribution in [2.45, 2.75) is 45.4 Å². The number of aryl methyl sites for hydroxylation is 1. The molecule has 1 unspecified atom stereocenters. The molecule has 0 saturated carbocycles. The number of methoxy groups -OCH3 is 1. The molecule has 1 aromatic carbocycles. The summed E-state index contributed by atoms with van der Waals surface area (Å²) in [5.41, 5.74) is 0.168. The van der Waals surface area contributed by atoms with Gasteiger partial charge in [-0.2, -0.15) is 0 Å². The Balaban J connectivity index is 1.54. The highest BCUT2D eigenvalue weighted by atomic mass is 16.6. The van der Waals surface area contributed by atoms with Crippen LogP contribution >= 0.6 is 0 Å². The molecule has 2 aromatic rings. The minimum Gasteiger partial charge on any atom is -0.497 e. The van der Waals surface area contributed by atoms with E-state index in [0.29, 0.717) is 61.5 Å². The van der Waals surface area contributed by atoms with Crippen LogP contribution < -0.4 is 9.64 Å². The van der Waals surface area contributed by atoms with E-state index < -0.39 is 5.41 Å². The van der Waals surface area contributed by atoms with Crippen LogP contribution in [-0.4, -0.2) is 77.7 Å². The standard InChI is InChI=1S/C25H33N5O5/c1-17(2)9-10-30-22(32)16-25(24(30)33,19-5-7-20(34-4)8-6-19)15-21(31)28-11-13-29(14-12-28)23-18(3)26-35-27-23/h5-8,17H,9-16H2,1-4H3. The van der Waals surface area contributed by atoms with Crippen molar-refractivity contribution < 1.29 is 23.7 Å². The number of imide groups is 1. The Kier molecular flexibility index (Phi) is 7.09. The van der Waals surface area contributed by atoms with Gasteiger partial charge in [0.15, 0.2) is 5.82 Å². The molecule has 0 radical (unpaired) electrons. The number of rotatable bonds is 8. The molecule has 10 nitrogen and oxygen atoms in total. The van der Waals surface area contributed by atoms with Gasteiger partial charge in [-0.3, -0.25) is 19.3 Å². The zero-order valence-electron chi connectivity index (χ0n) is 20.8. The van der Waals surface area contributed by atoms with Crippen LogP contribution in [0.25, 0.3) is 0 Å². The van der Waals surface area contributed by atoms with Gasteiger partial charge in [0.25, 0.3) is 0 Å². The van der Waals surface area contributed by atoms with Crippen LogP contribution in [0, 0.1) is 12.8 Å². The van der Waals surface area contributed by atoms with Crippen molar-refractivity contribution >= 4 is 23.5 Å². The number of nitrogens with zero attached hydrogens (tertiary/aromatic N) is 5. The van der Waals surface area contributed by atoms with Gasteiger partial charge in [0, 0.05) is 45.6 Å². The van der Waals surface area contributed by atoms with Crippen LogP contribution in [0.5, 0.6) is 5.75 Å². The number of carbonyl (C=O) groups is 3. The Morgan fingerprint density at radius 3 is 2.37 bits per heavy atom. The lowest BCUT2D eigenvalue weighted by Gasteiger charge is -2.36. The fourth-order valence-corrected chi connectivity index (χ4v) is 4.84. The van der Waals surface area contributed by atoms with Gasteiger partial charge < -0.3 is 14.5 Å². The number of ether oxygens (including phenoxy) is 1. The number of aromatic nitrogens is 2. The van der Waals surface area contributed by atoms with Crippen molar-refractivity contribution in [2.24, 2.45) is 5.92 Å². The van der Waals surface area contributed by atoms with Gasteiger partial charge in [-0.05, 0) is 42.1 Å². The zero-order chi connectivity index (χ0) is 25.2. The normalized spacial score (nSPS) is 20.8. The fourth-order valence-electron chi connectivity index (χ4n) is 4.84. The molecule has 2 aliphatic heterocycles. The van der Waals surface area contributed by atoms with Gasteiger partial charge in [0.1, 0.15) is 11.4 Å². The average Bonchev–Trinajstić information content (AvgIpc) is 3.38. The number of piperazine rings is 1. The maximum Gasteiger partial charge on any atom is 0.240 e. The van der Waals surface area contributed by atoms with E-state index in [0.717, 1.165) is 6.42 Å². The molecular formula is C25H33N5O5. The molecule has 3 heterocycles. The third-order valence-electron chi connectivity index (χ3n) is 6.99. The number of likely N-dealkylation sites (tertiary alicyclic amines) is 1. The first kappa shape index (κ1) is 24.7. The SMILES string of the molecule is COc1ccc(C2(CC(=O)N3CCN(c4nonc4C)CC3)CC(=O)N(CCC(C)C)C2=O)cc1. The largest absolute Gasteiger partial charge is 0.497 e. The summed E-state index contributed by atoms with van der Waals surface area (Å²) >= 11 is 0. The first-order valence-corrected chi connectivity index (χ1v) is 12.1. The van der Waals surface area contributed by atoms with Crippen molar-refractivity contribution in [1.29, 1.82) is 0 Å². The summed E-state index contributed by atoms with van der Waals surface area (Å²) in [6.07, 6.45) is 0.667. The number of amides is 3. The second kappa shape index (κ2) is 10.1. The fraction of sp³-hybridized carbons (Fsp3) is 0.560. The van der Waals surface area contributed by atoms with Gasteiger partial charge in [-0.1, -0.05) is 31.1 Å². The van der Waals surface area contributed by atoms with Gasteiger partial charge in [-0.15, -0.1) is 0 Å². The summed E-state index contributed by atoms with van der Waals surface area (Å²) in [7, 11) is 1.57. The molecule has 4 rings (SSSR count). The third-order valence-corrected chi connectivity index (χ3v) is 6.99. The van der Waals surface area contributed by atoms with Gasteiger partial charge in [0.05, 0.1) is 12.5 Å². The molecule has 0 bridgehead atoms. The Morgan fingerprint density at radius 2 is 1.80 bits per heavy atom. The van der Waals surface area contributed by atoms with E-state index in [1.807, 2.05) is 11.8 Å². The van der Waals surface area contributed by atoms with Crippen molar-refractivity contribution in [3.8, 4) is 5.75 Å². The second-order valence-corrected chi connectivity index (χ2v) is 9.74. The minimum absolute atomic E-state index is 0.00817. The molecule has 1 atom stereocenters. The highest BCUT2D eigenvalue weighted by Crippen LogP contribution is 2.41. The summed E-state index contributed by atoms with van der Waals surface area (Å²) in [5.74, 6) is 1.04. The van der Waals surface area contributed by atoms with Crippen LogP contribution in [0.15, 0.2) is 28.9 Å². The van der Waals surface area contributed by atoms with E-state index in [1.165, 1.54) is 4.90 Å². The molecule has 2 aliphatic rings. The van der Waals surface area contributed by atoms with E-state index in [2.05, 4.69) is 24.2 Å². The molecule has 35 heavy (non-hydrogen) atoms. The summed E-state index contributed by atoms with van der Waals surface area (Å²) < 4.78 is 10.1. The summed E-state index contributed by atoms with van der Waals surface area (Å²) in [6.45, 7) is 8.46. The van der Waals surface area contributed by atoms with Crippen LogP contribution in [-0.2, 0) is 19.8 Å². The first-order valence-electron chi connectivity index (χ1n) is 12.1. The molecule has 188 valence electrons. The lowest BCUT2D eigenvalue weighted by atomic mass is 9.75. The van der Waals surface area contributed by atoms with Gasteiger partial charge in [-0.25, -0.2) is 4.63 Å². The predicted molar refractivity (Wildman–Crippen MR) is 128 cm³/mol. The van der Waals surface area contributed by atoms with E-state index in [1.54, 1.807) is 36.3 Å². The molecule has 2 saturated heterocycles. The Hall–Kier alpha value is -3.43. The summed E-state index contributed by atoms with van der Waals surface area (Å²) in [4.78, 5) is 45.4. The molecule has 10 heteroatoms. The van der Waals surface area contributed by atoms with Crippen LogP contribution in [0.2, 0.25) is 0 Å². The van der Waals surface area contributed by atoms with E-state index in [4.69, 9.17) is 9.37 Å². The Labute approximate surface area is 205 Å². The molecule has 0 aliphatic carbocycles. The van der Waals surface area contributed by atoms with Crippen LogP contribution in [0.3, 0.4) is 0 Å². The van der Waals surface area contributed by atoms with E-state index in [9.17, 15) is 14.4 Å². The highest BCUT2D eigenvalue weighted by Gasteiger charge is 2.54. The number of anilines is 1. The summed E-state index contributed by atoms with van der Waals surface area (Å²) in [5, 5.41) is 7.78. The van der Waals surface area contributed by atoms with Gasteiger partial charge in [0.2, 0.25) is 17.7 Å². The third kappa shape index (κ3) is 4.87. The molecule has 2 fully saturated rings. The van der Waals surface area contributed by atoms with Crippen molar-refractivity contribution in [1.82, 2.24) is 20.1 Å². The van der Waals surface area contributed by atoms with E-state index >= 15 is 0 Å². The Bertz CT molecular complexity index is 1070. The lowest BCUT2D eigenvalue weighted by Crippen LogP contribution is -2.51. The van der Waals surface area contributed by atoms with Crippen molar-refractivity contribution in [2.75, 3.05) is 44.7 Å². The van der Waals surface area contributed by atoms with Crippen LogP contribution in [0.4, 0.5) is 5.82 Å². The number of carbonyl (C=O) groups excluding carboxylic acids is 3. The maximum atomic E-state index is 13.7. The summed E-state index contributed by atoms with van der Waals surface area (Å²) in [6, 6.07) is 7.12. The number of hydrogen-bond donors (Lipinski definition) is 0. The highest BCUT2D eigenvalue weighted by molar-refractivity contribution is 6.10. The van der Waals surface area contributed by atoms with Crippen LogP contribution in [0.1, 0.15) is 44.4 Å². The maximum absolute atomic E-state index is 13.7. The average molecular weight is 484 g/mol. The number of hydrogen-bond acceptors (Lipinski definition) is 8. The molecular weight excluding hydrogens is 450 g/mol.